The summed E-state index contributed by atoms with van der Waals surface area (Å²) in [5.41, 5.74) is 3.46. The summed E-state index contributed by atoms with van der Waals surface area (Å²) in [5, 5.41) is 0. The van der Waals surface area contributed by atoms with Crippen LogP contribution in [-0.2, 0) is 0 Å². The average molecular weight is 235 g/mol. The summed E-state index contributed by atoms with van der Waals surface area (Å²) in [4.78, 5) is 11.0. The first-order chi connectivity index (χ1) is 8.10. The zero-order valence-electron chi connectivity index (χ0n) is 10.8. The number of rotatable bonds is 2. The summed E-state index contributed by atoms with van der Waals surface area (Å²) in [5.74, 6) is 7.65. The summed E-state index contributed by atoms with van der Waals surface area (Å²) >= 11 is 0. The molecule has 0 spiro atoms. The van der Waals surface area contributed by atoms with Gasteiger partial charge in [0.1, 0.15) is 5.82 Å². The molecule has 1 saturated heterocycles. The Morgan fingerprint density at radius 3 is 2.82 bits per heavy atom. The lowest BCUT2D eigenvalue weighted by molar-refractivity contribution is 0.376. The van der Waals surface area contributed by atoms with Gasteiger partial charge in [0.25, 0.3) is 0 Å². The maximum Gasteiger partial charge on any atom is 0.239 e. The number of piperidine rings is 1. The van der Waals surface area contributed by atoms with Gasteiger partial charge in [-0.1, -0.05) is 6.92 Å². The van der Waals surface area contributed by atoms with E-state index in [4.69, 9.17) is 5.84 Å². The number of nitrogens with zero attached hydrogens (tertiary/aromatic N) is 3. The van der Waals surface area contributed by atoms with Crippen molar-refractivity contribution < 1.29 is 0 Å². The maximum atomic E-state index is 5.38. The Morgan fingerprint density at radius 1 is 1.41 bits per heavy atom. The molecule has 2 heterocycles. The number of aryl methyl sites for hydroxylation is 1. The van der Waals surface area contributed by atoms with Gasteiger partial charge in [-0.15, -0.1) is 0 Å². The Morgan fingerprint density at radius 2 is 2.18 bits per heavy atom. The number of anilines is 2. The van der Waals surface area contributed by atoms with Crippen LogP contribution in [0.3, 0.4) is 0 Å². The molecular formula is C12H21N5. The van der Waals surface area contributed by atoms with Crippen molar-refractivity contribution in [2.45, 2.75) is 39.7 Å². The zero-order chi connectivity index (χ0) is 12.4. The molecule has 0 bridgehead atoms. The third kappa shape index (κ3) is 2.66. The molecule has 5 nitrogen and oxygen atoms in total. The van der Waals surface area contributed by atoms with Crippen molar-refractivity contribution in [3.05, 3.63) is 11.8 Å². The van der Waals surface area contributed by atoms with Gasteiger partial charge in [-0.05, 0) is 32.6 Å². The van der Waals surface area contributed by atoms with Crippen LogP contribution < -0.4 is 16.2 Å². The molecule has 2 unspecified atom stereocenters. The van der Waals surface area contributed by atoms with Crippen molar-refractivity contribution in [3.63, 3.8) is 0 Å². The van der Waals surface area contributed by atoms with Gasteiger partial charge < -0.3 is 4.90 Å². The van der Waals surface area contributed by atoms with Crippen molar-refractivity contribution in [2.24, 2.45) is 11.8 Å². The van der Waals surface area contributed by atoms with E-state index < -0.39 is 0 Å². The van der Waals surface area contributed by atoms with E-state index in [1.54, 1.807) is 0 Å². The fraction of sp³-hybridized carbons (Fsp3) is 0.667. The first-order valence-electron chi connectivity index (χ1n) is 6.19. The summed E-state index contributed by atoms with van der Waals surface area (Å²) < 4.78 is 0. The lowest BCUT2D eigenvalue weighted by Crippen LogP contribution is -2.40. The topological polar surface area (TPSA) is 67.1 Å². The minimum Gasteiger partial charge on any atom is -0.354 e. The van der Waals surface area contributed by atoms with E-state index in [0.717, 1.165) is 24.0 Å². The van der Waals surface area contributed by atoms with Gasteiger partial charge >= 0.3 is 0 Å². The molecule has 94 valence electrons. The number of aromatic nitrogens is 2. The quantitative estimate of drug-likeness (QED) is 0.603. The number of nitrogen functional groups attached to an aromatic ring is 1. The highest BCUT2D eigenvalue weighted by Crippen LogP contribution is 2.27. The minimum atomic E-state index is 0.492. The second-order valence-corrected chi connectivity index (χ2v) is 5.01. The van der Waals surface area contributed by atoms with Gasteiger partial charge in [-0.2, -0.15) is 4.98 Å². The SMILES string of the molecule is Cc1cc(N2CCC(C)CC2C)nc(NN)n1. The first-order valence-corrected chi connectivity index (χ1v) is 6.19. The first kappa shape index (κ1) is 12.1. The van der Waals surface area contributed by atoms with E-state index in [0.29, 0.717) is 12.0 Å². The van der Waals surface area contributed by atoms with E-state index in [9.17, 15) is 0 Å². The molecule has 0 radical (unpaired) electrons. The van der Waals surface area contributed by atoms with Crippen molar-refractivity contribution in [2.75, 3.05) is 16.9 Å². The highest BCUT2D eigenvalue weighted by atomic mass is 15.3. The van der Waals surface area contributed by atoms with Gasteiger partial charge in [0.05, 0.1) is 0 Å². The number of nitrogens with two attached hydrogens (primary N) is 1. The van der Waals surface area contributed by atoms with E-state index in [1.807, 2.05) is 13.0 Å². The number of hydrogen-bond donors (Lipinski definition) is 2. The lowest BCUT2D eigenvalue weighted by Gasteiger charge is -2.37. The van der Waals surface area contributed by atoms with E-state index in [1.165, 1.54) is 12.8 Å². The van der Waals surface area contributed by atoms with Gasteiger partial charge in [-0.3, -0.25) is 5.43 Å². The summed E-state index contributed by atoms with van der Waals surface area (Å²) in [6.45, 7) is 7.58. The monoisotopic (exact) mass is 235 g/mol. The van der Waals surface area contributed by atoms with Crippen LogP contribution in [0.25, 0.3) is 0 Å². The third-order valence-corrected chi connectivity index (χ3v) is 3.40. The zero-order valence-corrected chi connectivity index (χ0v) is 10.8. The van der Waals surface area contributed by atoms with Crippen LogP contribution in [-0.4, -0.2) is 22.6 Å². The van der Waals surface area contributed by atoms with Crippen LogP contribution >= 0.6 is 0 Å². The fourth-order valence-electron chi connectivity index (χ4n) is 2.51. The largest absolute Gasteiger partial charge is 0.354 e. The van der Waals surface area contributed by atoms with Gasteiger partial charge in [0.2, 0.25) is 5.95 Å². The number of hydrogen-bond acceptors (Lipinski definition) is 5. The average Bonchev–Trinajstić information content (AvgIpc) is 2.28. The lowest BCUT2D eigenvalue weighted by atomic mass is 9.93. The summed E-state index contributed by atoms with van der Waals surface area (Å²) in [6.07, 6.45) is 2.44. The molecule has 5 heteroatoms. The van der Waals surface area contributed by atoms with Crippen molar-refractivity contribution in [1.82, 2.24) is 9.97 Å². The predicted molar refractivity (Wildman–Crippen MR) is 69.8 cm³/mol. The summed E-state index contributed by atoms with van der Waals surface area (Å²) in [6, 6.07) is 2.55. The van der Waals surface area contributed by atoms with Crippen LogP contribution in [0.4, 0.5) is 11.8 Å². The molecule has 17 heavy (non-hydrogen) atoms. The molecule has 3 N–H and O–H groups in total. The normalized spacial score (nSPS) is 24.8. The molecule has 1 aromatic rings. The van der Waals surface area contributed by atoms with E-state index in [2.05, 4.69) is 34.1 Å². The predicted octanol–water partition coefficient (Wildman–Crippen LogP) is 1.70. The van der Waals surface area contributed by atoms with Crippen molar-refractivity contribution >= 4 is 11.8 Å². The Hall–Kier alpha value is -1.36. The standard InChI is InChI=1S/C12H21N5/c1-8-4-5-17(10(3)6-8)11-7-9(2)14-12(15-11)16-13/h7-8,10H,4-6,13H2,1-3H3,(H,14,15,16). The molecule has 1 aliphatic heterocycles. The Kier molecular flexibility index (Phi) is 3.47. The van der Waals surface area contributed by atoms with Crippen LogP contribution in [0.5, 0.6) is 0 Å². The molecule has 1 fully saturated rings. The van der Waals surface area contributed by atoms with Crippen molar-refractivity contribution in [3.8, 4) is 0 Å². The highest BCUT2D eigenvalue weighted by molar-refractivity contribution is 5.45. The molecule has 1 aromatic heterocycles. The van der Waals surface area contributed by atoms with Crippen LogP contribution in [0.2, 0.25) is 0 Å². The Bertz CT molecular complexity index is 392. The molecular weight excluding hydrogens is 214 g/mol. The van der Waals surface area contributed by atoms with E-state index >= 15 is 0 Å². The van der Waals surface area contributed by atoms with Crippen LogP contribution in [0.1, 0.15) is 32.4 Å². The number of nitrogens with one attached hydrogen (secondary N) is 1. The van der Waals surface area contributed by atoms with Gasteiger partial charge in [0.15, 0.2) is 0 Å². The summed E-state index contributed by atoms with van der Waals surface area (Å²) in [7, 11) is 0. The van der Waals surface area contributed by atoms with E-state index in [-0.39, 0.29) is 0 Å². The van der Waals surface area contributed by atoms with Crippen molar-refractivity contribution in [1.29, 1.82) is 0 Å². The second-order valence-electron chi connectivity index (χ2n) is 5.01. The van der Waals surface area contributed by atoms with Gasteiger partial charge in [-0.25, -0.2) is 10.8 Å². The van der Waals surface area contributed by atoms with Crippen LogP contribution in [0.15, 0.2) is 6.07 Å². The third-order valence-electron chi connectivity index (χ3n) is 3.40. The Labute approximate surface area is 102 Å². The smallest absolute Gasteiger partial charge is 0.239 e. The molecule has 1 aliphatic rings. The Balaban J connectivity index is 2.24. The van der Waals surface area contributed by atoms with Crippen LogP contribution in [0, 0.1) is 12.8 Å². The molecule has 2 atom stereocenters. The maximum absolute atomic E-state index is 5.38. The second kappa shape index (κ2) is 4.87. The molecule has 0 amide bonds. The molecule has 0 aliphatic carbocycles. The molecule has 2 rings (SSSR count). The van der Waals surface area contributed by atoms with Gasteiger partial charge in [0, 0.05) is 24.3 Å². The molecule has 0 aromatic carbocycles. The fourth-order valence-corrected chi connectivity index (χ4v) is 2.51. The highest BCUT2D eigenvalue weighted by Gasteiger charge is 2.24. The minimum absolute atomic E-state index is 0.492. The molecule has 0 saturated carbocycles. The number of hydrazine groups is 1.